The molecule has 1 atom stereocenters. The van der Waals surface area contributed by atoms with E-state index in [0.29, 0.717) is 12.3 Å². The number of furan rings is 1. The molecule has 4 heteroatoms. The lowest BCUT2D eigenvalue weighted by molar-refractivity contribution is 0.0915. The summed E-state index contributed by atoms with van der Waals surface area (Å²) < 4.78 is 5.89. The SMILES string of the molecule is Cc1ccc([C@@H](CNC(=O)c2oc3cc(C)c(C)cc3c2C)N(C)C)cc1. The standard InChI is InChI=1S/C23H28N2O2/c1-14-7-9-18(10-8-14)20(25(5)6)13-24-23(26)22-17(4)19-11-15(2)16(3)12-21(19)27-22/h7-12,20H,13H2,1-6H3,(H,24,26)/t20-/m1/s1. The first-order valence-electron chi connectivity index (χ1n) is 9.29. The van der Waals surface area contributed by atoms with Crippen LogP contribution in [0.2, 0.25) is 0 Å². The Hall–Kier alpha value is -2.59. The van der Waals surface area contributed by atoms with Crippen LogP contribution in [-0.4, -0.2) is 31.4 Å². The Morgan fingerprint density at radius 2 is 1.67 bits per heavy atom. The molecule has 0 aliphatic rings. The Bertz CT molecular complexity index is 968. The summed E-state index contributed by atoms with van der Waals surface area (Å²) in [6.45, 7) is 8.66. The zero-order valence-electron chi connectivity index (χ0n) is 17.0. The number of rotatable bonds is 5. The number of amides is 1. The molecule has 1 heterocycles. The molecule has 0 aliphatic heterocycles. The van der Waals surface area contributed by atoms with Crippen LogP contribution in [0, 0.1) is 27.7 Å². The molecule has 0 unspecified atom stereocenters. The lowest BCUT2D eigenvalue weighted by atomic mass is 10.0. The Balaban J connectivity index is 1.81. The highest BCUT2D eigenvalue weighted by Crippen LogP contribution is 2.28. The summed E-state index contributed by atoms with van der Waals surface area (Å²) in [4.78, 5) is 14.9. The van der Waals surface area contributed by atoms with Gasteiger partial charge in [-0.25, -0.2) is 0 Å². The zero-order chi connectivity index (χ0) is 19.7. The van der Waals surface area contributed by atoms with Gasteiger partial charge in [0.2, 0.25) is 0 Å². The number of hydrogen-bond donors (Lipinski definition) is 1. The van der Waals surface area contributed by atoms with Crippen LogP contribution < -0.4 is 5.32 Å². The molecular weight excluding hydrogens is 336 g/mol. The van der Waals surface area contributed by atoms with Crippen LogP contribution in [0.4, 0.5) is 0 Å². The lowest BCUT2D eigenvalue weighted by Gasteiger charge is -2.25. The summed E-state index contributed by atoms with van der Waals surface area (Å²) in [5.41, 5.74) is 6.42. The van der Waals surface area contributed by atoms with Crippen LogP contribution in [0.1, 0.15) is 44.4 Å². The summed E-state index contributed by atoms with van der Waals surface area (Å²) in [5, 5.41) is 4.06. The smallest absolute Gasteiger partial charge is 0.287 e. The van der Waals surface area contributed by atoms with Gasteiger partial charge in [-0.1, -0.05) is 29.8 Å². The van der Waals surface area contributed by atoms with Crippen LogP contribution in [0.15, 0.2) is 40.8 Å². The highest BCUT2D eigenvalue weighted by atomic mass is 16.3. The second-order valence-electron chi connectivity index (χ2n) is 7.59. The van der Waals surface area contributed by atoms with Gasteiger partial charge in [-0.15, -0.1) is 0 Å². The molecule has 1 amide bonds. The molecule has 1 aromatic heterocycles. The van der Waals surface area contributed by atoms with Crippen LogP contribution >= 0.6 is 0 Å². The van der Waals surface area contributed by atoms with Gasteiger partial charge in [0.25, 0.3) is 5.91 Å². The van der Waals surface area contributed by atoms with Crippen molar-refractivity contribution >= 4 is 16.9 Å². The van der Waals surface area contributed by atoms with Crippen LogP contribution in [0.5, 0.6) is 0 Å². The summed E-state index contributed by atoms with van der Waals surface area (Å²) in [7, 11) is 4.04. The molecule has 0 saturated carbocycles. The van der Waals surface area contributed by atoms with Crippen molar-refractivity contribution in [1.29, 1.82) is 0 Å². The van der Waals surface area contributed by atoms with E-state index in [9.17, 15) is 4.79 Å². The minimum absolute atomic E-state index is 0.101. The number of hydrogen-bond acceptors (Lipinski definition) is 3. The van der Waals surface area contributed by atoms with E-state index >= 15 is 0 Å². The van der Waals surface area contributed by atoms with Gasteiger partial charge in [0.1, 0.15) is 5.58 Å². The molecule has 142 valence electrons. The third-order valence-electron chi connectivity index (χ3n) is 5.30. The van der Waals surface area contributed by atoms with Crippen molar-refractivity contribution < 1.29 is 9.21 Å². The van der Waals surface area contributed by atoms with E-state index in [1.54, 1.807) is 0 Å². The number of fused-ring (bicyclic) bond motifs is 1. The fourth-order valence-corrected chi connectivity index (χ4v) is 3.35. The van der Waals surface area contributed by atoms with E-state index in [0.717, 1.165) is 22.1 Å². The fourth-order valence-electron chi connectivity index (χ4n) is 3.35. The number of carbonyl (C=O) groups is 1. The van der Waals surface area contributed by atoms with E-state index < -0.39 is 0 Å². The quantitative estimate of drug-likeness (QED) is 0.714. The van der Waals surface area contributed by atoms with E-state index in [4.69, 9.17) is 4.42 Å². The first-order valence-corrected chi connectivity index (χ1v) is 9.29. The molecule has 3 aromatic rings. The van der Waals surface area contributed by atoms with Gasteiger partial charge in [0.15, 0.2) is 5.76 Å². The Labute approximate surface area is 161 Å². The predicted molar refractivity (Wildman–Crippen MR) is 110 cm³/mol. The molecule has 3 rings (SSSR count). The molecule has 0 fully saturated rings. The van der Waals surface area contributed by atoms with Gasteiger partial charge in [-0.3, -0.25) is 4.79 Å². The monoisotopic (exact) mass is 364 g/mol. The first-order chi connectivity index (χ1) is 12.8. The molecule has 0 radical (unpaired) electrons. The van der Waals surface area contributed by atoms with Crippen LogP contribution in [0.25, 0.3) is 11.0 Å². The fraction of sp³-hybridized carbons (Fsp3) is 0.348. The maximum Gasteiger partial charge on any atom is 0.287 e. The van der Waals surface area contributed by atoms with E-state index in [1.165, 1.54) is 16.7 Å². The minimum atomic E-state index is -0.169. The molecular formula is C23H28N2O2. The summed E-state index contributed by atoms with van der Waals surface area (Å²) >= 11 is 0. The molecule has 0 saturated heterocycles. The average Bonchev–Trinajstić information content (AvgIpc) is 2.93. The molecule has 0 bridgehead atoms. The summed E-state index contributed by atoms with van der Waals surface area (Å²) in [6, 6.07) is 12.6. The predicted octanol–water partition coefficient (Wildman–Crippen LogP) is 4.70. The topological polar surface area (TPSA) is 45.5 Å². The molecule has 0 spiro atoms. The second kappa shape index (κ2) is 7.57. The van der Waals surface area contributed by atoms with Crippen molar-refractivity contribution in [3.05, 3.63) is 70.0 Å². The lowest BCUT2D eigenvalue weighted by Crippen LogP contribution is -2.34. The van der Waals surface area contributed by atoms with Crippen molar-refractivity contribution in [3.8, 4) is 0 Å². The Morgan fingerprint density at radius 3 is 2.30 bits per heavy atom. The Morgan fingerprint density at radius 1 is 1.04 bits per heavy atom. The number of aryl methyl sites for hydroxylation is 4. The van der Waals surface area contributed by atoms with Crippen molar-refractivity contribution in [1.82, 2.24) is 10.2 Å². The van der Waals surface area contributed by atoms with Crippen LogP contribution in [-0.2, 0) is 0 Å². The van der Waals surface area contributed by atoms with Crippen molar-refractivity contribution in [2.45, 2.75) is 33.7 Å². The van der Waals surface area contributed by atoms with Crippen LogP contribution in [0.3, 0.4) is 0 Å². The minimum Gasteiger partial charge on any atom is -0.451 e. The van der Waals surface area contributed by atoms with Crippen molar-refractivity contribution in [2.24, 2.45) is 0 Å². The summed E-state index contributed by atoms with van der Waals surface area (Å²) in [5.74, 6) is 0.231. The normalized spacial score (nSPS) is 12.6. The van der Waals surface area contributed by atoms with Gasteiger partial charge < -0.3 is 14.6 Å². The zero-order valence-corrected chi connectivity index (χ0v) is 17.0. The van der Waals surface area contributed by atoms with E-state index in [1.807, 2.05) is 27.1 Å². The highest BCUT2D eigenvalue weighted by molar-refractivity contribution is 5.99. The molecule has 1 N–H and O–H groups in total. The third kappa shape index (κ3) is 3.91. The number of carbonyl (C=O) groups excluding carboxylic acids is 1. The number of benzene rings is 2. The van der Waals surface area contributed by atoms with Crippen molar-refractivity contribution in [2.75, 3.05) is 20.6 Å². The maximum absolute atomic E-state index is 12.8. The molecule has 0 aliphatic carbocycles. The van der Waals surface area contributed by atoms with Gasteiger partial charge in [-0.2, -0.15) is 0 Å². The molecule has 4 nitrogen and oxygen atoms in total. The van der Waals surface area contributed by atoms with Gasteiger partial charge >= 0.3 is 0 Å². The third-order valence-corrected chi connectivity index (χ3v) is 5.30. The first kappa shape index (κ1) is 19.2. The van der Waals surface area contributed by atoms with E-state index in [-0.39, 0.29) is 11.9 Å². The van der Waals surface area contributed by atoms with E-state index in [2.05, 4.69) is 61.3 Å². The van der Waals surface area contributed by atoms with Crippen molar-refractivity contribution in [3.63, 3.8) is 0 Å². The largest absolute Gasteiger partial charge is 0.451 e. The highest BCUT2D eigenvalue weighted by Gasteiger charge is 2.21. The maximum atomic E-state index is 12.8. The average molecular weight is 364 g/mol. The number of nitrogens with one attached hydrogen (secondary N) is 1. The Kier molecular flexibility index (Phi) is 5.38. The van der Waals surface area contributed by atoms with Gasteiger partial charge in [0, 0.05) is 17.5 Å². The number of likely N-dealkylation sites (N-methyl/N-ethyl adjacent to an activating group) is 1. The number of nitrogens with zero attached hydrogens (tertiary/aromatic N) is 1. The second-order valence-corrected chi connectivity index (χ2v) is 7.59. The van der Waals surface area contributed by atoms with Gasteiger partial charge in [-0.05, 0) is 70.6 Å². The van der Waals surface area contributed by atoms with Gasteiger partial charge in [0.05, 0.1) is 6.04 Å². The molecule has 27 heavy (non-hydrogen) atoms. The summed E-state index contributed by atoms with van der Waals surface area (Å²) in [6.07, 6.45) is 0. The molecule has 2 aromatic carbocycles.